The Bertz CT molecular complexity index is 2810. The van der Waals surface area contributed by atoms with Crippen molar-refractivity contribution in [2.24, 2.45) is 0 Å². The molecule has 0 saturated heterocycles. The van der Waals surface area contributed by atoms with Gasteiger partial charge < -0.3 is 13.7 Å². The predicted molar refractivity (Wildman–Crippen MR) is 204 cm³/mol. The molecule has 49 heavy (non-hydrogen) atoms. The van der Waals surface area contributed by atoms with Crippen LogP contribution in [-0.2, 0) is 0 Å². The summed E-state index contributed by atoms with van der Waals surface area (Å²) in [6, 6.07) is 62.0. The van der Waals surface area contributed by atoms with Gasteiger partial charge in [0, 0.05) is 50.1 Å². The van der Waals surface area contributed by atoms with E-state index < -0.39 is 0 Å². The minimum absolute atomic E-state index is 0.851. The molecule has 2 heterocycles. The zero-order valence-corrected chi connectivity index (χ0v) is 26.5. The Morgan fingerprint density at radius 1 is 0.306 bits per heavy atom. The van der Waals surface area contributed by atoms with E-state index in [1.165, 1.54) is 27.6 Å². The zero-order valence-electron chi connectivity index (χ0n) is 26.5. The molecule has 2 aromatic heterocycles. The fourth-order valence-electron chi connectivity index (χ4n) is 7.32. The molecule has 0 radical (unpaired) electrons. The summed E-state index contributed by atoms with van der Waals surface area (Å²) in [6.45, 7) is 0. The Labute approximate surface area is 282 Å². The van der Waals surface area contributed by atoms with E-state index in [1.54, 1.807) is 0 Å². The third kappa shape index (κ3) is 4.51. The molecule has 8 aromatic carbocycles. The highest BCUT2D eigenvalue weighted by molar-refractivity contribution is 6.19. The molecular weight excluding hydrogens is 599 g/mol. The number of anilines is 3. The van der Waals surface area contributed by atoms with Crippen LogP contribution < -0.4 is 4.90 Å². The Morgan fingerprint density at radius 3 is 1.67 bits per heavy atom. The van der Waals surface area contributed by atoms with Gasteiger partial charge in [0.15, 0.2) is 0 Å². The summed E-state index contributed by atoms with van der Waals surface area (Å²) in [7, 11) is 0. The molecule has 0 atom stereocenters. The average molecular weight is 628 g/mol. The first-order chi connectivity index (χ1) is 24.3. The zero-order chi connectivity index (χ0) is 32.3. The minimum Gasteiger partial charge on any atom is -0.456 e. The molecule has 10 rings (SSSR count). The van der Waals surface area contributed by atoms with Gasteiger partial charge in [-0.15, -0.1) is 0 Å². The summed E-state index contributed by atoms with van der Waals surface area (Å²) < 4.78 is 13.0. The molecule has 0 saturated carbocycles. The topological polar surface area (TPSA) is 29.5 Å². The summed E-state index contributed by atoms with van der Waals surface area (Å²) in [5.74, 6) is 0. The fraction of sp³-hybridized carbons (Fsp3) is 0. The van der Waals surface area contributed by atoms with E-state index in [0.29, 0.717) is 0 Å². The van der Waals surface area contributed by atoms with Crippen LogP contribution in [0.15, 0.2) is 185 Å². The van der Waals surface area contributed by atoms with E-state index in [1.807, 2.05) is 12.1 Å². The standard InChI is InChI=1S/C46H29NO2/c1-3-11-30(12-4-1)31-19-21-33(22-20-31)47(34-24-26-44-41(27-34)37-16-9-10-18-43(37)48-44)35-23-25-38-42-29-40(32-13-5-2-6-14-32)36-15-7-8-17-39(36)46(42)49-45(38)28-35/h1-29H. The molecule has 10 aromatic rings. The molecule has 0 spiro atoms. The van der Waals surface area contributed by atoms with Gasteiger partial charge >= 0.3 is 0 Å². The molecule has 3 nitrogen and oxygen atoms in total. The van der Waals surface area contributed by atoms with Crippen LogP contribution in [0.4, 0.5) is 17.1 Å². The van der Waals surface area contributed by atoms with E-state index in [-0.39, 0.29) is 0 Å². The maximum atomic E-state index is 6.77. The van der Waals surface area contributed by atoms with Gasteiger partial charge in [0.25, 0.3) is 0 Å². The molecule has 0 amide bonds. The molecule has 0 aliphatic carbocycles. The Hall–Kier alpha value is -6.58. The lowest BCUT2D eigenvalue weighted by Gasteiger charge is -2.25. The van der Waals surface area contributed by atoms with Gasteiger partial charge in [-0.1, -0.05) is 115 Å². The van der Waals surface area contributed by atoms with Gasteiger partial charge in [0.1, 0.15) is 22.3 Å². The van der Waals surface area contributed by atoms with Gasteiger partial charge in [0.2, 0.25) is 0 Å². The Morgan fingerprint density at radius 2 is 0.878 bits per heavy atom. The number of benzene rings is 8. The van der Waals surface area contributed by atoms with Gasteiger partial charge in [-0.05, 0) is 82.2 Å². The first-order valence-electron chi connectivity index (χ1n) is 16.6. The highest BCUT2D eigenvalue weighted by Gasteiger charge is 2.19. The number of rotatable bonds is 5. The van der Waals surface area contributed by atoms with E-state index in [0.717, 1.165) is 66.3 Å². The quantitative estimate of drug-likeness (QED) is 0.190. The lowest BCUT2D eigenvalue weighted by Crippen LogP contribution is -2.09. The Kier molecular flexibility index (Phi) is 6.18. The van der Waals surface area contributed by atoms with Crippen LogP contribution in [0.3, 0.4) is 0 Å². The molecule has 0 unspecified atom stereocenters. The highest BCUT2D eigenvalue weighted by atomic mass is 16.3. The van der Waals surface area contributed by atoms with Crippen molar-refractivity contribution in [2.45, 2.75) is 0 Å². The number of furan rings is 2. The molecule has 0 aliphatic rings. The largest absolute Gasteiger partial charge is 0.456 e. The second-order valence-electron chi connectivity index (χ2n) is 12.5. The third-order valence-corrected chi connectivity index (χ3v) is 9.66. The smallest absolute Gasteiger partial charge is 0.143 e. The van der Waals surface area contributed by atoms with Crippen molar-refractivity contribution >= 4 is 71.7 Å². The van der Waals surface area contributed by atoms with E-state index >= 15 is 0 Å². The third-order valence-electron chi connectivity index (χ3n) is 9.66. The molecule has 0 fully saturated rings. The van der Waals surface area contributed by atoms with Crippen LogP contribution in [0.2, 0.25) is 0 Å². The summed E-state index contributed by atoms with van der Waals surface area (Å²) in [4.78, 5) is 2.30. The van der Waals surface area contributed by atoms with Crippen LogP contribution in [0.1, 0.15) is 0 Å². The normalized spacial score (nSPS) is 11.7. The summed E-state index contributed by atoms with van der Waals surface area (Å²) >= 11 is 0. The van der Waals surface area contributed by atoms with Crippen molar-refractivity contribution in [3.05, 3.63) is 176 Å². The van der Waals surface area contributed by atoms with Crippen LogP contribution >= 0.6 is 0 Å². The molecule has 0 aliphatic heterocycles. The van der Waals surface area contributed by atoms with E-state index in [2.05, 4.69) is 169 Å². The van der Waals surface area contributed by atoms with Crippen molar-refractivity contribution in [3.63, 3.8) is 0 Å². The molecule has 0 bridgehead atoms. The predicted octanol–water partition coefficient (Wildman–Crippen LogP) is 13.4. The fourth-order valence-corrected chi connectivity index (χ4v) is 7.32. The van der Waals surface area contributed by atoms with E-state index in [9.17, 15) is 0 Å². The number of fused-ring (bicyclic) bond motifs is 8. The minimum atomic E-state index is 0.851. The highest BCUT2D eigenvalue weighted by Crippen LogP contribution is 2.44. The van der Waals surface area contributed by atoms with Crippen LogP contribution in [0.25, 0.3) is 76.9 Å². The van der Waals surface area contributed by atoms with Crippen molar-refractivity contribution in [1.29, 1.82) is 0 Å². The first kappa shape index (κ1) is 27.5. The lowest BCUT2D eigenvalue weighted by atomic mass is 9.95. The van der Waals surface area contributed by atoms with Crippen molar-refractivity contribution < 1.29 is 8.83 Å². The summed E-state index contributed by atoms with van der Waals surface area (Å²) in [5, 5.41) is 6.70. The summed E-state index contributed by atoms with van der Waals surface area (Å²) in [6.07, 6.45) is 0. The van der Waals surface area contributed by atoms with Gasteiger partial charge in [-0.2, -0.15) is 0 Å². The lowest BCUT2D eigenvalue weighted by molar-refractivity contribution is 0.669. The first-order valence-corrected chi connectivity index (χ1v) is 16.6. The number of para-hydroxylation sites is 1. The second kappa shape index (κ2) is 11.0. The van der Waals surface area contributed by atoms with Gasteiger partial charge in [-0.25, -0.2) is 0 Å². The van der Waals surface area contributed by atoms with Crippen molar-refractivity contribution in [3.8, 4) is 22.3 Å². The van der Waals surface area contributed by atoms with Crippen molar-refractivity contribution in [2.75, 3.05) is 4.90 Å². The molecule has 3 heteroatoms. The number of nitrogens with zero attached hydrogens (tertiary/aromatic N) is 1. The van der Waals surface area contributed by atoms with Crippen molar-refractivity contribution in [1.82, 2.24) is 0 Å². The van der Waals surface area contributed by atoms with Crippen LogP contribution in [-0.4, -0.2) is 0 Å². The van der Waals surface area contributed by atoms with E-state index in [4.69, 9.17) is 8.83 Å². The monoisotopic (exact) mass is 627 g/mol. The second-order valence-corrected chi connectivity index (χ2v) is 12.5. The maximum Gasteiger partial charge on any atom is 0.143 e. The summed E-state index contributed by atoms with van der Waals surface area (Å²) in [5.41, 5.74) is 11.4. The molecular formula is C46H29NO2. The van der Waals surface area contributed by atoms with Gasteiger partial charge in [-0.3, -0.25) is 0 Å². The molecule has 230 valence electrons. The number of hydrogen-bond donors (Lipinski definition) is 0. The van der Waals surface area contributed by atoms with Gasteiger partial charge in [0.05, 0.1) is 0 Å². The Balaban J connectivity index is 1.17. The average Bonchev–Trinajstić information content (AvgIpc) is 3.73. The van der Waals surface area contributed by atoms with Crippen LogP contribution in [0.5, 0.6) is 0 Å². The molecule has 0 N–H and O–H groups in total. The number of hydrogen-bond acceptors (Lipinski definition) is 3. The SMILES string of the molecule is c1ccc(-c2ccc(N(c3ccc4c(c3)oc3c5ccccc5c(-c5ccccc5)cc43)c3ccc4oc5ccccc5c4c3)cc2)cc1. The maximum absolute atomic E-state index is 6.77. The van der Waals surface area contributed by atoms with Crippen LogP contribution in [0, 0.1) is 0 Å².